The van der Waals surface area contributed by atoms with E-state index in [-0.39, 0.29) is 10.3 Å². The van der Waals surface area contributed by atoms with E-state index >= 15 is 0 Å². The van der Waals surface area contributed by atoms with Crippen molar-refractivity contribution in [1.82, 2.24) is 4.98 Å². The summed E-state index contributed by atoms with van der Waals surface area (Å²) in [6.45, 7) is 9.20. The van der Waals surface area contributed by atoms with Crippen LogP contribution in [0.2, 0.25) is 0 Å². The highest BCUT2D eigenvalue weighted by Gasteiger charge is 2.23. The normalized spacial score (nSPS) is 15.0. The molecule has 2 N–H and O–H groups in total. The van der Waals surface area contributed by atoms with Crippen LogP contribution in [0.1, 0.15) is 64.1 Å². The number of methoxy groups -OCH3 is 1. The molecule has 194 valence electrons. The lowest BCUT2D eigenvalue weighted by atomic mass is 9.87. The highest BCUT2D eigenvalue weighted by Crippen LogP contribution is 2.37. The van der Waals surface area contributed by atoms with E-state index in [1.807, 2.05) is 31.2 Å². The maximum atomic E-state index is 13.5. The summed E-state index contributed by atoms with van der Waals surface area (Å²) < 4.78 is 35.1. The number of benzene rings is 2. The van der Waals surface area contributed by atoms with Crippen LogP contribution in [-0.2, 0) is 15.4 Å². The van der Waals surface area contributed by atoms with Crippen LogP contribution in [0.3, 0.4) is 0 Å². The standard InChI is InChI=1S/C28H37N3O3S2/c1-19-26(35-27(30-19)29-18-20-10-7-6-8-11-20)21-14-15-24(34-5)25(16-21)36(32,33)31-23-13-9-12-22(17-23)28(2,3)4/h9,12-17,20,31H,6-8,10-11,18H2,1-5H3,(H,29,30). The molecule has 3 aromatic rings. The molecule has 2 aromatic carbocycles. The zero-order chi connectivity index (χ0) is 25.9. The Morgan fingerprint density at radius 1 is 1.08 bits per heavy atom. The molecule has 1 fully saturated rings. The van der Waals surface area contributed by atoms with Gasteiger partial charge in [0.1, 0.15) is 10.6 Å². The lowest BCUT2D eigenvalue weighted by Gasteiger charge is -2.21. The maximum Gasteiger partial charge on any atom is 0.265 e. The van der Waals surface area contributed by atoms with Crippen molar-refractivity contribution in [2.24, 2.45) is 5.92 Å². The first-order valence-electron chi connectivity index (χ1n) is 12.6. The molecule has 1 aromatic heterocycles. The summed E-state index contributed by atoms with van der Waals surface area (Å²) in [5.74, 6) is 1.00. The largest absolute Gasteiger partial charge is 0.495 e. The van der Waals surface area contributed by atoms with Gasteiger partial charge in [0.05, 0.1) is 17.7 Å². The van der Waals surface area contributed by atoms with E-state index in [1.54, 1.807) is 29.5 Å². The smallest absolute Gasteiger partial charge is 0.265 e. The molecule has 0 unspecified atom stereocenters. The Morgan fingerprint density at radius 2 is 1.83 bits per heavy atom. The van der Waals surface area contributed by atoms with Gasteiger partial charge in [0, 0.05) is 12.2 Å². The summed E-state index contributed by atoms with van der Waals surface area (Å²) in [6, 6.07) is 12.8. The minimum absolute atomic E-state index is 0.0918. The van der Waals surface area contributed by atoms with Crippen molar-refractivity contribution < 1.29 is 13.2 Å². The first kappa shape index (κ1) is 26.5. The number of sulfonamides is 1. The third-order valence-electron chi connectivity index (χ3n) is 6.76. The zero-order valence-corrected chi connectivity index (χ0v) is 23.5. The van der Waals surface area contributed by atoms with E-state index in [2.05, 4.69) is 30.8 Å². The van der Waals surface area contributed by atoms with E-state index < -0.39 is 10.0 Å². The second-order valence-electron chi connectivity index (χ2n) is 10.6. The van der Waals surface area contributed by atoms with Gasteiger partial charge in [0.25, 0.3) is 10.0 Å². The summed E-state index contributed by atoms with van der Waals surface area (Å²) in [5, 5.41) is 4.39. The molecule has 0 spiro atoms. The molecule has 0 radical (unpaired) electrons. The Labute approximate surface area is 219 Å². The number of hydrogen-bond donors (Lipinski definition) is 2. The Morgan fingerprint density at radius 3 is 2.53 bits per heavy atom. The van der Waals surface area contributed by atoms with E-state index in [0.717, 1.165) is 33.4 Å². The van der Waals surface area contributed by atoms with Gasteiger partial charge in [-0.15, -0.1) is 0 Å². The monoisotopic (exact) mass is 527 g/mol. The summed E-state index contributed by atoms with van der Waals surface area (Å²) in [7, 11) is -2.40. The summed E-state index contributed by atoms with van der Waals surface area (Å²) in [4.78, 5) is 5.78. The highest BCUT2D eigenvalue weighted by molar-refractivity contribution is 7.92. The molecule has 0 aliphatic heterocycles. The second kappa shape index (κ2) is 10.8. The molecular weight excluding hydrogens is 490 g/mol. The number of ether oxygens (including phenoxy) is 1. The third-order valence-corrected chi connectivity index (χ3v) is 9.33. The Kier molecular flexibility index (Phi) is 7.95. The number of hydrogen-bond acceptors (Lipinski definition) is 6. The van der Waals surface area contributed by atoms with Crippen LogP contribution in [0.4, 0.5) is 10.8 Å². The van der Waals surface area contributed by atoms with Crippen LogP contribution >= 0.6 is 11.3 Å². The van der Waals surface area contributed by atoms with Crippen molar-refractivity contribution in [3.05, 3.63) is 53.7 Å². The summed E-state index contributed by atoms with van der Waals surface area (Å²) in [6.07, 6.45) is 6.51. The van der Waals surface area contributed by atoms with Gasteiger partial charge in [-0.3, -0.25) is 4.72 Å². The molecule has 1 aliphatic carbocycles. The molecule has 8 heteroatoms. The number of nitrogens with zero attached hydrogens (tertiary/aromatic N) is 1. The van der Waals surface area contributed by atoms with Crippen LogP contribution in [0, 0.1) is 12.8 Å². The van der Waals surface area contributed by atoms with Gasteiger partial charge in [-0.1, -0.05) is 63.5 Å². The van der Waals surface area contributed by atoms with Gasteiger partial charge >= 0.3 is 0 Å². The Bertz CT molecular complexity index is 1300. The molecule has 1 aliphatic rings. The quantitative estimate of drug-likeness (QED) is 0.323. The number of aryl methyl sites for hydroxylation is 1. The van der Waals surface area contributed by atoms with Crippen molar-refractivity contribution in [3.8, 4) is 16.2 Å². The molecule has 1 heterocycles. The molecule has 4 rings (SSSR count). The zero-order valence-electron chi connectivity index (χ0n) is 21.8. The Balaban J connectivity index is 1.59. The predicted octanol–water partition coefficient (Wildman–Crippen LogP) is 7.22. The number of aromatic nitrogens is 1. The molecule has 36 heavy (non-hydrogen) atoms. The van der Waals surface area contributed by atoms with Crippen molar-refractivity contribution in [2.75, 3.05) is 23.7 Å². The fourth-order valence-corrected chi connectivity index (χ4v) is 6.87. The molecule has 0 bridgehead atoms. The number of nitrogens with one attached hydrogen (secondary N) is 2. The van der Waals surface area contributed by atoms with Gasteiger partial charge in [-0.2, -0.15) is 0 Å². The first-order valence-corrected chi connectivity index (χ1v) is 14.9. The third kappa shape index (κ3) is 6.21. The Hall–Kier alpha value is -2.58. The van der Waals surface area contributed by atoms with Crippen LogP contribution in [0.5, 0.6) is 5.75 Å². The lowest BCUT2D eigenvalue weighted by Crippen LogP contribution is -2.16. The minimum Gasteiger partial charge on any atom is -0.495 e. The van der Waals surface area contributed by atoms with Gasteiger partial charge in [-0.05, 0) is 72.6 Å². The summed E-state index contributed by atoms with van der Waals surface area (Å²) in [5.41, 5.74) is 3.17. The molecule has 0 atom stereocenters. The number of rotatable bonds is 8. The SMILES string of the molecule is COc1ccc(-c2sc(NCC3CCCCC3)nc2C)cc1S(=O)(=O)Nc1cccc(C(C)(C)C)c1. The van der Waals surface area contributed by atoms with Crippen molar-refractivity contribution in [1.29, 1.82) is 0 Å². The van der Waals surface area contributed by atoms with Crippen molar-refractivity contribution in [3.63, 3.8) is 0 Å². The van der Waals surface area contributed by atoms with Gasteiger partial charge in [-0.25, -0.2) is 13.4 Å². The molecule has 0 amide bonds. The van der Waals surface area contributed by atoms with Gasteiger partial charge < -0.3 is 10.1 Å². The van der Waals surface area contributed by atoms with Crippen molar-refractivity contribution >= 4 is 32.2 Å². The molecule has 1 saturated carbocycles. The van der Waals surface area contributed by atoms with Crippen molar-refractivity contribution in [2.45, 2.75) is 70.1 Å². The van der Waals surface area contributed by atoms with Gasteiger partial charge in [0.2, 0.25) is 0 Å². The maximum absolute atomic E-state index is 13.5. The number of anilines is 2. The van der Waals surface area contributed by atoms with E-state index in [1.165, 1.54) is 39.2 Å². The topological polar surface area (TPSA) is 80.3 Å². The number of thiazole rings is 1. The summed E-state index contributed by atoms with van der Waals surface area (Å²) >= 11 is 1.56. The molecular formula is C28H37N3O3S2. The lowest BCUT2D eigenvalue weighted by molar-refractivity contribution is 0.373. The average Bonchev–Trinajstić information content (AvgIpc) is 3.22. The van der Waals surface area contributed by atoms with E-state index in [9.17, 15) is 8.42 Å². The van der Waals surface area contributed by atoms with Crippen LogP contribution in [-0.4, -0.2) is 27.1 Å². The fourth-order valence-electron chi connectivity index (χ4n) is 4.65. The average molecular weight is 528 g/mol. The second-order valence-corrected chi connectivity index (χ2v) is 13.3. The van der Waals surface area contributed by atoms with E-state index in [0.29, 0.717) is 17.4 Å². The van der Waals surface area contributed by atoms with Gasteiger partial charge in [0.15, 0.2) is 5.13 Å². The molecule has 0 saturated heterocycles. The van der Waals surface area contributed by atoms with Crippen LogP contribution in [0.15, 0.2) is 47.4 Å². The molecule has 6 nitrogen and oxygen atoms in total. The highest BCUT2D eigenvalue weighted by atomic mass is 32.2. The van der Waals surface area contributed by atoms with Crippen LogP contribution in [0.25, 0.3) is 10.4 Å². The minimum atomic E-state index is -3.89. The fraction of sp³-hybridized carbons (Fsp3) is 0.464. The van der Waals surface area contributed by atoms with E-state index in [4.69, 9.17) is 9.72 Å². The first-order chi connectivity index (χ1) is 17.1. The predicted molar refractivity (Wildman–Crippen MR) is 150 cm³/mol. The van der Waals surface area contributed by atoms with Crippen LogP contribution < -0.4 is 14.8 Å².